The van der Waals surface area contributed by atoms with Crippen molar-refractivity contribution in [3.8, 4) is 0 Å². The van der Waals surface area contributed by atoms with Crippen LogP contribution in [0.2, 0.25) is 18.6 Å². The predicted molar refractivity (Wildman–Crippen MR) is 95.6 cm³/mol. The Labute approximate surface area is 128 Å². The first-order valence-corrected chi connectivity index (χ1v) is 11.8. The van der Waals surface area contributed by atoms with Crippen molar-refractivity contribution >= 4 is 13.8 Å². The van der Waals surface area contributed by atoms with E-state index in [-0.39, 0.29) is 0 Å². The van der Waals surface area contributed by atoms with Gasteiger partial charge in [-0.3, -0.25) is 4.99 Å². The molecule has 1 nitrogen and oxygen atoms in total. The van der Waals surface area contributed by atoms with Gasteiger partial charge in [0.25, 0.3) is 0 Å². The van der Waals surface area contributed by atoms with Gasteiger partial charge in [-0.25, -0.2) is 0 Å². The zero-order valence-electron chi connectivity index (χ0n) is 14.3. The topological polar surface area (TPSA) is 12.4 Å². The van der Waals surface area contributed by atoms with Gasteiger partial charge in [0, 0.05) is 12.3 Å². The second-order valence-corrected chi connectivity index (χ2v) is 11.7. The van der Waals surface area contributed by atoms with E-state index < -0.39 is 8.07 Å². The van der Waals surface area contributed by atoms with E-state index in [1.807, 2.05) is 0 Å². The van der Waals surface area contributed by atoms with Crippen molar-refractivity contribution in [1.82, 2.24) is 0 Å². The third kappa shape index (κ3) is 5.95. The summed E-state index contributed by atoms with van der Waals surface area (Å²) in [5.41, 5.74) is 1.40. The summed E-state index contributed by atoms with van der Waals surface area (Å²) in [6, 6.07) is 2.88. The van der Waals surface area contributed by atoms with Crippen LogP contribution in [0.4, 0.5) is 0 Å². The van der Waals surface area contributed by atoms with E-state index in [9.17, 15) is 0 Å². The Kier molecular flexibility index (Phi) is 8.43. The van der Waals surface area contributed by atoms with Crippen LogP contribution in [0.15, 0.2) is 16.3 Å². The highest BCUT2D eigenvalue weighted by Crippen LogP contribution is 2.28. The zero-order chi connectivity index (χ0) is 14.8. The average molecular weight is 294 g/mol. The summed E-state index contributed by atoms with van der Waals surface area (Å²) in [7, 11) is -1.20. The minimum atomic E-state index is -1.20. The molecule has 1 rings (SSSR count). The van der Waals surface area contributed by atoms with E-state index in [1.165, 1.54) is 69.2 Å². The van der Waals surface area contributed by atoms with Gasteiger partial charge in [0.05, 0.1) is 8.07 Å². The van der Waals surface area contributed by atoms with Gasteiger partial charge in [0.2, 0.25) is 0 Å². The molecule has 2 heteroatoms. The largest absolute Gasteiger partial charge is 0.290 e. The number of hydrogen-bond donors (Lipinski definition) is 0. The Bertz CT molecular complexity index is 324. The van der Waals surface area contributed by atoms with Crippen molar-refractivity contribution < 1.29 is 0 Å². The summed E-state index contributed by atoms with van der Waals surface area (Å²) >= 11 is 0. The second-order valence-electron chi connectivity index (χ2n) is 6.78. The van der Waals surface area contributed by atoms with Crippen LogP contribution in [-0.4, -0.2) is 20.3 Å². The lowest BCUT2D eigenvalue weighted by Crippen LogP contribution is -2.32. The number of hydrogen-bond acceptors (Lipinski definition) is 1. The maximum absolute atomic E-state index is 4.88. The Morgan fingerprint density at radius 3 is 2.30 bits per heavy atom. The lowest BCUT2D eigenvalue weighted by atomic mass is 10.1. The molecule has 0 bridgehead atoms. The summed E-state index contributed by atoms with van der Waals surface area (Å²) < 4.78 is 0. The van der Waals surface area contributed by atoms with Crippen LogP contribution in [0.25, 0.3) is 0 Å². The highest BCUT2D eigenvalue weighted by atomic mass is 28.3. The fourth-order valence-corrected chi connectivity index (χ4v) is 7.18. The molecule has 0 aliphatic carbocycles. The number of aliphatic imine (C=N–C) groups is 1. The Morgan fingerprint density at radius 2 is 1.65 bits per heavy atom. The van der Waals surface area contributed by atoms with E-state index in [2.05, 4.69) is 33.4 Å². The third-order valence-corrected chi connectivity index (χ3v) is 10.1. The molecular weight excluding hydrogens is 258 g/mol. The molecule has 0 aromatic heterocycles. The van der Waals surface area contributed by atoms with Crippen molar-refractivity contribution in [2.24, 2.45) is 4.99 Å². The fourth-order valence-electron chi connectivity index (χ4n) is 3.41. The van der Waals surface area contributed by atoms with E-state index >= 15 is 0 Å². The maximum Gasteiger partial charge on any atom is 0.0782 e. The van der Waals surface area contributed by atoms with Crippen molar-refractivity contribution in [3.05, 3.63) is 11.3 Å². The number of allylic oxidation sites excluding steroid dienone is 2. The molecule has 0 aromatic carbocycles. The molecule has 0 aromatic rings. The molecule has 0 fully saturated rings. The standard InChI is InChI=1S/C18H35NSi/c1-5-14-20(4,15-6-2)17(3)16-18-12-10-8-7-9-11-13-19-18/h16H,5-15H2,1-4H3/b17-16+,19-18?. The number of rotatable bonds is 6. The first kappa shape index (κ1) is 17.7. The Balaban J connectivity index is 2.81. The highest BCUT2D eigenvalue weighted by Gasteiger charge is 2.27. The normalized spacial score (nSPS) is 19.0. The minimum Gasteiger partial charge on any atom is -0.290 e. The molecule has 20 heavy (non-hydrogen) atoms. The van der Waals surface area contributed by atoms with E-state index in [0.717, 1.165) is 6.54 Å². The van der Waals surface area contributed by atoms with Gasteiger partial charge in [0.15, 0.2) is 0 Å². The van der Waals surface area contributed by atoms with Gasteiger partial charge in [-0.2, -0.15) is 0 Å². The van der Waals surface area contributed by atoms with Gasteiger partial charge < -0.3 is 0 Å². The van der Waals surface area contributed by atoms with Crippen molar-refractivity contribution in [2.75, 3.05) is 6.54 Å². The molecule has 0 atom stereocenters. The summed E-state index contributed by atoms with van der Waals surface area (Å²) in [6.07, 6.45) is 13.2. The molecule has 0 saturated carbocycles. The Hall–Kier alpha value is -0.373. The minimum absolute atomic E-state index is 1.05. The van der Waals surface area contributed by atoms with E-state index in [4.69, 9.17) is 4.99 Å². The molecule has 0 spiro atoms. The van der Waals surface area contributed by atoms with Crippen LogP contribution in [0, 0.1) is 0 Å². The van der Waals surface area contributed by atoms with Crippen LogP contribution in [0.5, 0.6) is 0 Å². The Morgan fingerprint density at radius 1 is 1.05 bits per heavy atom. The summed E-state index contributed by atoms with van der Waals surface area (Å²) in [4.78, 5) is 4.88. The lowest BCUT2D eigenvalue weighted by molar-refractivity contribution is 0.639. The summed E-state index contributed by atoms with van der Waals surface area (Å²) in [6.45, 7) is 10.7. The molecule has 0 radical (unpaired) electrons. The van der Waals surface area contributed by atoms with Crippen molar-refractivity contribution in [3.63, 3.8) is 0 Å². The van der Waals surface area contributed by atoms with E-state index in [0.29, 0.717) is 0 Å². The predicted octanol–water partition coefficient (Wildman–Crippen LogP) is 6.17. The average Bonchev–Trinajstić information content (AvgIpc) is 2.53. The van der Waals surface area contributed by atoms with Gasteiger partial charge in [0.1, 0.15) is 0 Å². The van der Waals surface area contributed by atoms with Crippen LogP contribution >= 0.6 is 0 Å². The number of nitrogens with zero attached hydrogens (tertiary/aromatic N) is 1. The summed E-state index contributed by atoms with van der Waals surface area (Å²) in [5.74, 6) is 0. The van der Waals surface area contributed by atoms with Gasteiger partial charge in [-0.05, 0) is 32.3 Å². The fraction of sp³-hybridized carbons (Fsp3) is 0.833. The van der Waals surface area contributed by atoms with Crippen LogP contribution in [-0.2, 0) is 0 Å². The SMILES string of the molecule is CCC[Si](C)(CCC)/C(C)=C/C1=NCCCCCCC1. The first-order valence-electron chi connectivity index (χ1n) is 8.84. The quantitative estimate of drug-likeness (QED) is 0.520. The molecule has 1 aliphatic rings. The molecule has 1 heterocycles. The molecule has 0 N–H and O–H groups in total. The van der Waals surface area contributed by atoms with Crippen molar-refractivity contribution in [2.45, 2.75) is 90.8 Å². The molecule has 116 valence electrons. The van der Waals surface area contributed by atoms with Gasteiger partial charge >= 0.3 is 0 Å². The molecule has 0 saturated heterocycles. The summed E-state index contributed by atoms with van der Waals surface area (Å²) in [5, 5.41) is 1.69. The monoisotopic (exact) mass is 293 g/mol. The highest BCUT2D eigenvalue weighted by molar-refractivity contribution is 6.85. The molecule has 1 aliphatic heterocycles. The molecular formula is C18H35NSi. The van der Waals surface area contributed by atoms with E-state index in [1.54, 1.807) is 5.20 Å². The smallest absolute Gasteiger partial charge is 0.0782 e. The van der Waals surface area contributed by atoms with Crippen LogP contribution in [0.1, 0.15) is 72.1 Å². The lowest BCUT2D eigenvalue weighted by Gasteiger charge is -2.28. The van der Waals surface area contributed by atoms with Crippen molar-refractivity contribution in [1.29, 1.82) is 0 Å². The maximum atomic E-state index is 4.88. The third-order valence-electron chi connectivity index (χ3n) is 4.84. The molecule has 0 amide bonds. The first-order chi connectivity index (χ1) is 9.62. The molecule has 0 unspecified atom stereocenters. The van der Waals surface area contributed by atoms with Crippen LogP contribution in [0.3, 0.4) is 0 Å². The van der Waals surface area contributed by atoms with Crippen LogP contribution < -0.4 is 0 Å². The second kappa shape index (κ2) is 9.54. The zero-order valence-corrected chi connectivity index (χ0v) is 15.3. The van der Waals surface area contributed by atoms with Gasteiger partial charge in [-0.1, -0.05) is 69.8 Å². The van der Waals surface area contributed by atoms with Gasteiger partial charge in [-0.15, -0.1) is 0 Å².